The Morgan fingerprint density at radius 1 is 1.10 bits per heavy atom. The third-order valence-corrected chi connectivity index (χ3v) is 1.80. The molecule has 1 aliphatic carbocycles. The summed E-state index contributed by atoms with van der Waals surface area (Å²) >= 11 is 5.54. The van der Waals surface area contributed by atoms with Gasteiger partial charge in [0.25, 0.3) is 0 Å². The van der Waals surface area contributed by atoms with Crippen LogP contribution in [0.1, 0.15) is 17.8 Å². The van der Waals surface area contributed by atoms with Crippen molar-refractivity contribution in [3.63, 3.8) is 0 Å². The minimum absolute atomic E-state index is 0.264. The zero-order valence-corrected chi connectivity index (χ0v) is 6.10. The molecule has 0 aliphatic heterocycles. The molecule has 3 nitrogen and oxygen atoms in total. The van der Waals surface area contributed by atoms with E-state index in [0.29, 0.717) is 0 Å². The van der Waals surface area contributed by atoms with Gasteiger partial charge in [0.1, 0.15) is 0 Å². The highest BCUT2D eigenvalue weighted by Gasteiger charge is 2.13. The molecule has 0 saturated carbocycles. The lowest BCUT2D eigenvalue weighted by molar-refractivity contribution is 0.876. The van der Waals surface area contributed by atoms with Crippen LogP contribution in [-0.2, 0) is 12.8 Å². The molecule has 0 fully saturated rings. The summed E-state index contributed by atoms with van der Waals surface area (Å²) in [5.41, 5.74) is 2.05. The van der Waals surface area contributed by atoms with Crippen molar-refractivity contribution in [1.29, 1.82) is 0 Å². The van der Waals surface area contributed by atoms with Crippen LogP contribution < -0.4 is 0 Å². The quantitative estimate of drug-likeness (QED) is 0.562. The number of rotatable bonds is 0. The second kappa shape index (κ2) is 2.16. The van der Waals surface area contributed by atoms with Gasteiger partial charge in [-0.15, -0.1) is 5.10 Å². The summed E-state index contributed by atoms with van der Waals surface area (Å²) in [6.45, 7) is 0. The van der Waals surface area contributed by atoms with E-state index in [4.69, 9.17) is 11.6 Å². The number of hydrogen-bond acceptors (Lipinski definition) is 3. The van der Waals surface area contributed by atoms with Crippen LogP contribution in [0.25, 0.3) is 0 Å². The summed E-state index contributed by atoms with van der Waals surface area (Å²) in [7, 11) is 0. The molecule has 1 heterocycles. The summed E-state index contributed by atoms with van der Waals surface area (Å²) in [4.78, 5) is 4.05. The van der Waals surface area contributed by atoms with E-state index in [1.807, 2.05) is 0 Å². The summed E-state index contributed by atoms with van der Waals surface area (Å²) < 4.78 is 0. The summed E-state index contributed by atoms with van der Waals surface area (Å²) in [5, 5.41) is 7.83. The van der Waals surface area contributed by atoms with Crippen LogP contribution in [0.3, 0.4) is 0 Å². The molecular weight excluding hydrogens is 150 g/mol. The van der Waals surface area contributed by atoms with Crippen molar-refractivity contribution in [2.75, 3.05) is 0 Å². The molecule has 0 atom stereocenters. The van der Waals surface area contributed by atoms with Crippen molar-refractivity contribution >= 4 is 11.6 Å². The molecule has 0 saturated heterocycles. The van der Waals surface area contributed by atoms with Gasteiger partial charge in [-0.3, -0.25) is 0 Å². The molecule has 1 aromatic rings. The van der Waals surface area contributed by atoms with Crippen LogP contribution in [0.5, 0.6) is 0 Å². The minimum Gasteiger partial charge on any atom is -0.220 e. The van der Waals surface area contributed by atoms with Gasteiger partial charge in [-0.25, -0.2) is 4.98 Å². The number of aromatic nitrogens is 3. The van der Waals surface area contributed by atoms with Gasteiger partial charge in [0, 0.05) is 0 Å². The minimum atomic E-state index is 0.264. The van der Waals surface area contributed by atoms with Crippen LogP contribution in [0.15, 0.2) is 0 Å². The highest BCUT2D eigenvalue weighted by atomic mass is 35.5. The zero-order chi connectivity index (χ0) is 6.97. The van der Waals surface area contributed by atoms with Crippen LogP contribution in [0, 0.1) is 0 Å². The van der Waals surface area contributed by atoms with E-state index in [1.165, 1.54) is 0 Å². The molecule has 2 rings (SSSR count). The van der Waals surface area contributed by atoms with E-state index in [9.17, 15) is 0 Å². The Balaban J connectivity index is 2.52. The van der Waals surface area contributed by atoms with Gasteiger partial charge >= 0.3 is 0 Å². The van der Waals surface area contributed by atoms with Crippen LogP contribution in [-0.4, -0.2) is 15.2 Å². The molecule has 0 aromatic carbocycles. The lowest BCUT2D eigenvalue weighted by Crippen LogP contribution is -1.95. The lowest BCUT2D eigenvalue weighted by Gasteiger charge is -1.93. The molecule has 4 heteroatoms. The molecule has 0 spiro atoms. The standard InChI is InChI=1S/C6H6ClN3/c7-6-8-4-2-1-3-5(4)9-10-6/h1-3H2. The lowest BCUT2D eigenvalue weighted by atomic mass is 10.4. The smallest absolute Gasteiger partial charge is 0.220 e. The second-order valence-electron chi connectivity index (χ2n) is 2.33. The molecule has 0 bridgehead atoms. The molecule has 0 amide bonds. The van der Waals surface area contributed by atoms with Crippen LogP contribution >= 0.6 is 11.6 Å². The molecule has 0 N–H and O–H groups in total. The predicted molar refractivity (Wildman–Crippen MR) is 36.9 cm³/mol. The monoisotopic (exact) mass is 155 g/mol. The maximum atomic E-state index is 5.54. The predicted octanol–water partition coefficient (Wildman–Crippen LogP) is 1.01. The molecule has 52 valence electrons. The third kappa shape index (κ3) is 0.865. The van der Waals surface area contributed by atoms with Crippen molar-refractivity contribution in [3.8, 4) is 0 Å². The molecule has 1 aromatic heterocycles. The Bertz CT molecular complexity index is 261. The first kappa shape index (κ1) is 6.04. The van der Waals surface area contributed by atoms with E-state index < -0.39 is 0 Å². The zero-order valence-electron chi connectivity index (χ0n) is 5.34. The van der Waals surface area contributed by atoms with Gasteiger partial charge in [-0.2, -0.15) is 5.10 Å². The van der Waals surface area contributed by atoms with Crippen molar-refractivity contribution in [2.45, 2.75) is 19.3 Å². The fourth-order valence-corrected chi connectivity index (χ4v) is 1.32. The second-order valence-corrected chi connectivity index (χ2v) is 2.67. The Morgan fingerprint density at radius 3 is 2.80 bits per heavy atom. The summed E-state index contributed by atoms with van der Waals surface area (Å²) in [6, 6.07) is 0. The molecule has 0 unspecified atom stereocenters. The van der Waals surface area contributed by atoms with Gasteiger partial charge in [-0.05, 0) is 30.9 Å². The van der Waals surface area contributed by atoms with Crippen molar-refractivity contribution < 1.29 is 0 Å². The highest BCUT2D eigenvalue weighted by Crippen LogP contribution is 2.17. The average molecular weight is 156 g/mol. The fraction of sp³-hybridized carbons (Fsp3) is 0.500. The first-order chi connectivity index (χ1) is 4.86. The fourth-order valence-electron chi connectivity index (χ4n) is 1.18. The summed E-state index contributed by atoms with van der Waals surface area (Å²) in [5.74, 6) is 0. The van der Waals surface area contributed by atoms with Crippen LogP contribution in [0.2, 0.25) is 5.28 Å². The van der Waals surface area contributed by atoms with Crippen LogP contribution in [0.4, 0.5) is 0 Å². The first-order valence-electron chi connectivity index (χ1n) is 3.24. The van der Waals surface area contributed by atoms with Crippen molar-refractivity contribution in [3.05, 3.63) is 16.7 Å². The number of halogens is 1. The molecular formula is C6H6ClN3. The van der Waals surface area contributed by atoms with Crippen molar-refractivity contribution in [2.24, 2.45) is 0 Å². The number of aryl methyl sites for hydroxylation is 2. The van der Waals surface area contributed by atoms with E-state index in [-0.39, 0.29) is 5.28 Å². The Hall–Kier alpha value is -0.700. The number of nitrogens with zero attached hydrogens (tertiary/aromatic N) is 3. The van der Waals surface area contributed by atoms with Crippen molar-refractivity contribution in [1.82, 2.24) is 15.2 Å². The highest BCUT2D eigenvalue weighted by molar-refractivity contribution is 6.28. The third-order valence-electron chi connectivity index (χ3n) is 1.64. The van der Waals surface area contributed by atoms with E-state index in [2.05, 4.69) is 15.2 Å². The Labute approximate surface area is 63.5 Å². The van der Waals surface area contributed by atoms with Gasteiger partial charge in [0.15, 0.2) is 0 Å². The van der Waals surface area contributed by atoms with Gasteiger partial charge < -0.3 is 0 Å². The van der Waals surface area contributed by atoms with Gasteiger partial charge in [0.05, 0.1) is 11.4 Å². The number of hydrogen-bond donors (Lipinski definition) is 0. The van der Waals surface area contributed by atoms with E-state index in [1.54, 1.807) is 0 Å². The molecule has 1 aliphatic rings. The maximum Gasteiger partial charge on any atom is 0.243 e. The maximum absolute atomic E-state index is 5.54. The molecule has 10 heavy (non-hydrogen) atoms. The SMILES string of the molecule is Clc1nnc2c(n1)CCC2. The summed E-state index contributed by atoms with van der Waals surface area (Å²) in [6.07, 6.45) is 3.15. The largest absolute Gasteiger partial charge is 0.243 e. The normalized spacial score (nSPS) is 15.3. The Kier molecular flexibility index (Phi) is 1.31. The average Bonchev–Trinajstić information content (AvgIpc) is 2.33. The topological polar surface area (TPSA) is 38.7 Å². The van der Waals surface area contributed by atoms with Gasteiger partial charge in [-0.1, -0.05) is 0 Å². The van der Waals surface area contributed by atoms with E-state index >= 15 is 0 Å². The Morgan fingerprint density at radius 2 is 1.90 bits per heavy atom. The molecule has 0 radical (unpaired) electrons. The first-order valence-corrected chi connectivity index (χ1v) is 3.62. The van der Waals surface area contributed by atoms with E-state index in [0.717, 1.165) is 30.7 Å². The number of fused-ring (bicyclic) bond motifs is 1. The van der Waals surface area contributed by atoms with Gasteiger partial charge in [0.2, 0.25) is 5.28 Å².